The standard InChI is InChI=1S/C24H26N2O5/c1-14(2)13-26(24(27)28)19-7-8-20(16(4)15(19)3)31-21-9-10-25-18-12-23(30-6)22(29-5)11-17(18)21/h7-12H,1,13H2,2-6H3,(H,27,28). The predicted octanol–water partition coefficient (Wildman–Crippen LogP) is 5.72. The molecule has 162 valence electrons. The molecule has 0 aliphatic heterocycles. The Balaban J connectivity index is 2.04. The topological polar surface area (TPSA) is 81.1 Å². The van der Waals surface area contributed by atoms with E-state index >= 15 is 0 Å². The lowest BCUT2D eigenvalue weighted by Crippen LogP contribution is -2.31. The van der Waals surface area contributed by atoms with Crippen molar-refractivity contribution in [3.63, 3.8) is 0 Å². The molecule has 7 heteroatoms. The molecular weight excluding hydrogens is 396 g/mol. The van der Waals surface area contributed by atoms with Crippen LogP contribution < -0.4 is 19.1 Å². The van der Waals surface area contributed by atoms with Crippen molar-refractivity contribution < 1.29 is 24.1 Å². The number of carbonyl (C=O) groups is 1. The molecule has 3 aromatic rings. The Kier molecular flexibility index (Phi) is 6.34. The minimum Gasteiger partial charge on any atom is -0.493 e. The summed E-state index contributed by atoms with van der Waals surface area (Å²) < 4.78 is 17.0. The van der Waals surface area contributed by atoms with E-state index in [4.69, 9.17) is 14.2 Å². The van der Waals surface area contributed by atoms with Gasteiger partial charge in [0.25, 0.3) is 0 Å². The molecule has 0 bridgehead atoms. The van der Waals surface area contributed by atoms with Gasteiger partial charge in [0.05, 0.1) is 25.4 Å². The lowest BCUT2D eigenvalue weighted by Gasteiger charge is -2.23. The molecule has 7 nitrogen and oxygen atoms in total. The van der Waals surface area contributed by atoms with Gasteiger partial charge in [0.15, 0.2) is 11.5 Å². The highest BCUT2D eigenvalue weighted by Gasteiger charge is 2.20. The number of aromatic nitrogens is 1. The second-order valence-corrected chi connectivity index (χ2v) is 7.29. The normalized spacial score (nSPS) is 10.6. The monoisotopic (exact) mass is 422 g/mol. The average Bonchev–Trinajstić information content (AvgIpc) is 2.74. The summed E-state index contributed by atoms with van der Waals surface area (Å²) in [5.41, 5.74) is 3.73. The van der Waals surface area contributed by atoms with Crippen molar-refractivity contribution in [2.24, 2.45) is 0 Å². The molecule has 1 aromatic heterocycles. The summed E-state index contributed by atoms with van der Waals surface area (Å²) in [6.07, 6.45) is 0.638. The Morgan fingerprint density at radius 3 is 2.32 bits per heavy atom. The first-order chi connectivity index (χ1) is 14.8. The average molecular weight is 422 g/mol. The molecule has 1 amide bonds. The number of fused-ring (bicyclic) bond motifs is 1. The number of anilines is 1. The van der Waals surface area contributed by atoms with E-state index in [1.54, 1.807) is 51.6 Å². The van der Waals surface area contributed by atoms with E-state index in [0.29, 0.717) is 34.2 Å². The van der Waals surface area contributed by atoms with Crippen LogP contribution in [-0.2, 0) is 0 Å². The van der Waals surface area contributed by atoms with Gasteiger partial charge in [-0.05, 0) is 56.2 Å². The molecule has 0 aliphatic rings. The zero-order chi connectivity index (χ0) is 22.7. The third-order valence-corrected chi connectivity index (χ3v) is 5.09. The fourth-order valence-corrected chi connectivity index (χ4v) is 3.37. The SMILES string of the molecule is C=C(C)CN(C(=O)O)c1ccc(Oc2ccnc3cc(OC)c(OC)cc23)c(C)c1C. The molecule has 3 rings (SSSR count). The van der Waals surface area contributed by atoms with E-state index in [2.05, 4.69) is 11.6 Å². The van der Waals surface area contributed by atoms with Gasteiger partial charge >= 0.3 is 6.09 Å². The number of hydrogen-bond acceptors (Lipinski definition) is 5. The van der Waals surface area contributed by atoms with Gasteiger partial charge < -0.3 is 19.3 Å². The lowest BCUT2D eigenvalue weighted by atomic mass is 10.1. The maximum Gasteiger partial charge on any atom is 0.412 e. The Hall–Kier alpha value is -3.74. The van der Waals surface area contributed by atoms with Crippen molar-refractivity contribution in [2.75, 3.05) is 25.7 Å². The summed E-state index contributed by atoms with van der Waals surface area (Å²) in [4.78, 5) is 17.4. The number of hydrogen-bond donors (Lipinski definition) is 1. The molecule has 0 aliphatic carbocycles. The first-order valence-corrected chi connectivity index (χ1v) is 9.70. The van der Waals surface area contributed by atoms with Crippen LogP contribution in [0.3, 0.4) is 0 Å². The molecule has 1 heterocycles. The molecule has 0 fully saturated rings. The third-order valence-electron chi connectivity index (χ3n) is 5.09. The van der Waals surface area contributed by atoms with Crippen LogP contribution in [0.25, 0.3) is 10.9 Å². The smallest absolute Gasteiger partial charge is 0.412 e. The van der Waals surface area contributed by atoms with Crippen LogP contribution >= 0.6 is 0 Å². The van der Waals surface area contributed by atoms with Gasteiger partial charge in [-0.2, -0.15) is 0 Å². The van der Waals surface area contributed by atoms with Gasteiger partial charge in [0, 0.05) is 24.2 Å². The predicted molar refractivity (Wildman–Crippen MR) is 121 cm³/mol. The van der Waals surface area contributed by atoms with E-state index < -0.39 is 6.09 Å². The van der Waals surface area contributed by atoms with Gasteiger partial charge in [-0.3, -0.25) is 9.88 Å². The molecular formula is C24H26N2O5. The van der Waals surface area contributed by atoms with Crippen LogP contribution in [0.5, 0.6) is 23.0 Å². The number of pyridine rings is 1. The molecule has 0 saturated heterocycles. The maximum atomic E-state index is 11.8. The maximum absolute atomic E-state index is 11.8. The molecule has 0 radical (unpaired) electrons. The molecule has 1 N–H and O–H groups in total. The van der Waals surface area contributed by atoms with Crippen LogP contribution in [0, 0.1) is 13.8 Å². The fourth-order valence-electron chi connectivity index (χ4n) is 3.37. The van der Waals surface area contributed by atoms with E-state index in [9.17, 15) is 9.90 Å². The summed E-state index contributed by atoms with van der Waals surface area (Å²) in [6.45, 7) is 9.64. The van der Waals surface area contributed by atoms with E-state index in [1.165, 1.54) is 4.90 Å². The number of ether oxygens (including phenoxy) is 3. The molecule has 31 heavy (non-hydrogen) atoms. The zero-order valence-corrected chi connectivity index (χ0v) is 18.4. The van der Waals surface area contributed by atoms with E-state index in [1.807, 2.05) is 19.9 Å². The highest BCUT2D eigenvalue weighted by Crippen LogP contribution is 2.39. The van der Waals surface area contributed by atoms with Crippen molar-refractivity contribution in [2.45, 2.75) is 20.8 Å². The van der Waals surface area contributed by atoms with Gasteiger partial charge in [-0.15, -0.1) is 0 Å². The summed E-state index contributed by atoms with van der Waals surface area (Å²) in [5, 5.41) is 10.4. The zero-order valence-electron chi connectivity index (χ0n) is 18.4. The van der Waals surface area contributed by atoms with Gasteiger partial charge in [0.1, 0.15) is 11.5 Å². The Bertz CT molecular complexity index is 1160. The van der Waals surface area contributed by atoms with Crippen molar-refractivity contribution in [3.05, 3.63) is 59.8 Å². The number of benzene rings is 2. The quantitative estimate of drug-likeness (QED) is 0.490. The first kappa shape index (κ1) is 22.0. The summed E-state index contributed by atoms with van der Waals surface area (Å²) >= 11 is 0. The number of carboxylic acid groups (broad SMARTS) is 1. The Morgan fingerprint density at radius 1 is 1.03 bits per heavy atom. The number of nitrogens with zero attached hydrogens (tertiary/aromatic N) is 2. The lowest BCUT2D eigenvalue weighted by molar-refractivity contribution is 0.202. The van der Waals surface area contributed by atoms with Crippen molar-refractivity contribution in [1.82, 2.24) is 4.98 Å². The van der Waals surface area contributed by atoms with Gasteiger partial charge in [0.2, 0.25) is 0 Å². The third kappa shape index (κ3) is 4.40. The van der Waals surface area contributed by atoms with Crippen LogP contribution in [-0.4, -0.2) is 36.9 Å². The van der Waals surface area contributed by atoms with Crippen LogP contribution in [0.4, 0.5) is 10.5 Å². The summed E-state index contributed by atoms with van der Waals surface area (Å²) in [6, 6.07) is 8.93. The van der Waals surface area contributed by atoms with Crippen LogP contribution in [0.2, 0.25) is 0 Å². The van der Waals surface area contributed by atoms with Crippen molar-refractivity contribution in [1.29, 1.82) is 0 Å². The molecule has 0 saturated carbocycles. The van der Waals surface area contributed by atoms with Crippen LogP contribution in [0.1, 0.15) is 18.1 Å². The Labute approximate surface area is 181 Å². The van der Waals surface area contributed by atoms with Crippen LogP contribution in [0.15, 0.2) is 48.7 Å². The molecule has 2 aromatic carbocycles. The van der Waals surface area contributed by atoms with Crippen molar-refractivity contribution in [3.8, 4) is 23.0 Å². The minimum absolute atomic E-state index is 0.229. The van der Waals surface area contributed by atoms with E-state index in [0.717, 1.165) is 22.1 Å². The Morgan fingerprint density at radius 2 is 1.71 bits per heavy atom. The molecule has 0 spiro atoms. The minimum atomic E-state index is -1.03. The van der Waals surface area contributed by atoms with Crippen molar-refractivity contribution >= 4 is 22.7 Å². The van der Waals surface area contributed by atoms with Gasteiger partial charge in [-0.25, -0.2) is 4.79 Å². The summed E-state index contributed by atoms with van der Waals surface area (Å²) in [5.74, 6) is 2.40. The molecule has 0 unspecified atom stereocenters. The van der Waals surface area contributed by atoms with Gasteiger partial charge in [-0.1, -0.05) is 12.2 Å². The highest BCUT2D eigenvalue weighted by molar-refractivity contribution is 5.89. The molecule has 0 atom stereocenters. The highest BCUT2D eigenvalue weighted by atomic mass is 16.5. The van der Waals surface area contributed by atoms with E-state index in [-0.39, 0.29) is 6.54 Å². The summed E-state index contributed by atoms with van der Waals surface area (Å²) in [7, 11) is 3.15. The number of methoxy groups -OCH3 is 2. The second kappa shape index (κ2) is 8.95. The number of rotatable bonds is 7. The first-order valence-electron chi connectivity index (χ1n) is 9.70. The number of amides is 1. The fraction of sp³-hybridized carbons (Fsp3) is 0.250. The second-order valence-electron chi connectivity index (χ2n) is 7.29. The largest absolute Gasteiger partial charge is 0.493 e.